The molecule has 1 radical (unpaired) electrons. The Morgan fingerprint density at radius 3 is 1.57 bits per heavy atom. The molecule has 0 fully saturated rings. The van der Waals surface area contributed by atoms with Crippen molar-refractivity contribution in [2.45, 2.75) is 0 Å². The van der Waals surface area contributed by atoms with E-state index in [1.807, 2.05) is 0 Å². The van der Waals surface area contributed by atoms with Gasteiger partial charge in [-0.1, -0.05) is 0 Å². The molecule has 0 unspecified atom stereocenters. The first-order chi connectivity index (χ1) is 1.73. The normalized spacial score (nSPS) is 3.43. The third-order valence-electron chi connectivity index (χ3n) is 0. The number of rotatable bonds is 0. The Labute approximate surface area is 72.3 Å². The van der Waals surface area contributed by atoms with Gasteiger partial charge in [-0.05, 0) is 0 Å². The zero-order valence-electron chi connectivity index (χ0n) is 2.51. The number of hydrogen-bond donors (Lipinski definition) is 1. The summed E-state index contributed by atoms with van der Waals surface area (Å²) in [5.41, 5.74) is 0. The van der Waals surface area contributed by atoms with Gasteiger partial charge < -0.3 is 10.7 Å². The van der Waals surface area contributed by atoms with Crippen LogP contribution in [0.4, 0.5) is 0 Å². The van der Waals surface area contributed by atoms with Gasteiger partial charge >= 0.3 is 29.6 Å². The fraction of sp³-hybridized carbons (Fsp3) is 0. The quantitative estimate of drug-likeness (QED) is 0.262. The van der Waals surface area contributed by atoms with Crippen LogP contribution in [-0.4, -0.2) is 45.3 Å². The van der Waals surface area contributed by atoms with E-state index in [2.05, 4.69) is 0 Å². The van der Waals surface area contributed by atoms with Gasteiger partial charge in [0, 0.05) is 17.1 Å². The first-order valence-electron chi connectivity index (χ1n) is 0.565. The molecule has 7 heteroatoms. The standard InChI is InChI=1S/Cu.HNO3.Na.H2O.H/c;2-1(3)4;;;/h;(H,2,3,4);;1H2;. The van der Waals surface area contributed by atoms with Crippen molar-refractivity contribution >= 4 is 29.6 Å². The van der Waals surface area contributed by atoms with E-state index in [1.165, 1.54) is 0 Å². The van der Waals surface area contributed by atoms with E-state index < -0.39 is 5.09 Å². The molecule has 0 amide bonds. The van der Waals surface area contributed by atoms with Gasteiger partial charge in [-0.2, -0.15) is 0 Å². The summed E-state index contributed by atoms with van der Waals surface area (Å²) in [6, 6.07) is 0. The maximum atomic E-state index is 8.36. The van der Waals surface area contributed by atoms with E-state index in [9.17, 15) is 0 Å². The fourth-order valence-corrected chi connectivity index (χ4v) is 0. The van der Waals surface area contributed by atoms with Crippen LogP contribution in [0.3, 0.4) is 0 Å². The second kappa shape index (κ2) is 15.9. The molecule has 3 N–H and O–H groups in total. The first-order valence-corrected chi connectivity index (χ1v) is 0.565. The summed E-state index contributed by atoms with van der Waals surface area (Å²) in [4.78, 5) is 8.36. The molecule has 0 aromatic carbocycles. The maximum absolute atomic E-state index is 8.36. The second-order valence-electron chi connectivity index (χ2n) is 0.238. The Bertz CT molecular complexity index is 34.7. The molecule has 5 nitrogen and oxygen atoms in total. The minimum atomic E-state index is -1.50. The summed E-state index contributed by atoms with van der Waals surface area (Å²) in [5, 5.41) is 13.6. The van der Waals surface area contributed by atoms with Gasteiger partial charge in [-0.15, -0.1) is 10.1 Å². The minimum absolute atomic E-state index is 0. The second-order valence-corrected chi connectivity index (χ2v) is 0.238. The van der Waals surface area contributed by atoms with Gasteiger partial charge in [-0.3, -0.25) is 0 Å². The number of hydrogen-bond acceptors (Lipinski definition) is 2. The van der Waals surface area contributed by atoms with Crippen LogP contribution in [0.25, 0.3) is 0 Å². The van der Waals surface area contributed by atoms with Crippen LogP contribution in [0.5, 0.6) is 0 Å². The van der Waals surface area contributed by atoms with Crippen molar-refractivity contribution in [2.24, 2.45) is 0 Å². The third-order valence-corrected chi connectivity index (χ3v) is 0. The molecule has 0 aromatic heterocycles. The zero-order chi connectivity index (χ0) is 3.58. The van der Waals surface area contributed by atoms with Crippen LogP contribution in [0.2, 0.25) is 0 Å². The molecule has 0 spiro atoms. The monoisotopic (exact) mass is 168 g/mol. The molecular weight excluding hydrogens is 165 g/mol. The molecule has 0 aromatic rings. The van der Waals surface area contributed by atoms with Crippen molar-refractivity contribution in [3.8, 4) is 0 Å². The molecule has 0 atom stereocenters. The van der Waals surface area contributed by atoms with Gasteiger partial charge in [0.1, 0.15) is 0 Å². The molecule has 45 valence electrons. The molecule has 0 bridgehead atoms. The van der Waals surface area contributed by atoms with E-state index in [0.29, 0.717) is 0 Å². The molecule has 0 saturated carbocycles. The third kappa shape index (κ3) is 317. The van der Waals surface area contributed by atoms with Gasteiger partial charge in [0.05, 0.1) is 0 Å². The molecule has 0 aliphatic carbocycles. The number of nitrogens with zero attached hydrogens (tertiary/aromatic N) is 1. The van der Waals surface area contributed by atoms with Gasteiger partial charge in [-0.25, -0.2) is 0 Å². The topological polar surface area (TPSA) is 94.9 Å². The zero-order valence-corrected chi connectivity index (χ0v) is 3.45. The molecule has 0 rings (SSSR count). The van der Waals surface area contributed by atoms with Crippen LogP contribution in [0, 0.1) is 10.1 Å². The van der Waals surface area contributed by atoms with Crippen LogP contribution in [0.1, 0.15) is 0 Å². The van der Waals surface area contributed by atoms with Crippen LogP contribution in [0.15, 0.2) is 0 Å². The molecule has 0 saturated heterocycles. The van der Waals surface area contributed by atoms with E-state index in [4.69, 9.17) is 15.3 Å². The van der Waals surface area contributed by atoms with Crippen molar-refractivity contribution in [2.75, 3.05) is 0 Å². The molecule has 0 heterocycles. The van der Waals surface area contributed by atoms with Crippen LogP contribution >= 0.6 is 0 Å². The van der Waals surface area contributed by atoms with Crippen LogP contribution in [-0.2, 0) is 17.1 Å². The molecule has 7 heavy (non-hydrogen) atoms. The predicted molar refractivity (Wildman–Crippen MR) is 19.5 cm³/mol. The van der Waals surface area contributed by atoms with Gasteiger partial charge in [0.15, 0.2) is 0 Å². The Morgan fingerprint density at radius 1 is 1.57 bits per heavy atom. The molecule has 0 aliphatic heterocycles. The van der Waals surface area contributed by atoms with Gasteiger partial charge in [0.25, 0.3) is 5.09 Å². The summed E-state index contributed by atoms with van der Waals surface area (Å²) in [5.74, 6) is 0. The van der Waals surface area contributed by atoms with E-state index in [0.717, 1.165) is 0 Å². The summed E-state index contributed by atoms with van der Waals surface area (Å²) < 4.78 is 0. The summed E-state index contributed by atoms with van der Waals surface area (Å²) in [6.45, 7) is 0. The van der Waals surface area contributed by atoms with Crippen molar-refractivity contribution in [1.82, 2.24) is 0 Å². The van der Waals surface area contributed by atoms with Gasteiger partial charge in [0.2, 0.25) is 0 Å². The summed E-state index contributed by atoms with van der Waals surface area (Å²) in [6.07, 6.45) is 0. The van der Waals surface area contributed by atoms with E-state index in [-0.39, 0.29) is 52.1 Å². The van der Waals surface area contributed by atoms with Crippen molar-refractivity contribution in [1.29, 1.82) is 0 Å². The Morgan fingerprint density at radius 2 is 1.57 bits per heavy atom. The van der Waals surface area contributed by atoms with E-state index in [1.54, 1.807) is 0 Å². The Kier molecular flexibility index (Phi) is 57.5. The van der Waals surface area contributed by atoms with Crippen molar-refractivity contribution < 1.29 is 32.8 Å². The van der Waals surface area contributed by atoms with Crippen molar-refractivity contribution in [3.63, 3.8) is 0 Å². The fourth-order valence-electron chi connectivity index (χ4n) is 0. The summed E-state index contributed by atoms with van der Waals surface area (Å²) >= 11 is 0. The summed E-state index contributed by atoms with van der Waals surface area (Å²) in [7, 11) is 0. The molecular formula is H4CuNNaO4. The SMILES string of the molecule is O.O=[N+]([O-])O.[Cu].[NaH]. The average molecular weight is 169 g/mol. The Hall–Kier alpha value is 0.679. The van der Waals surface area contributed by atoms with Crippen LogP contribution < -0.4 is 0 Å². The van der Waals surface area contributed by atoms with Crippen molar-refractivity contribution in [3.05, 3.63) is 10.1 Å². The first kappa shape index (κ1) is 25.3. The Balaban J connectivity index is -0.0000000150. The predicted octanol–water partition coefficient (Wildman–Crippen LogP) is -1.82. The van der Waals surface area contributed by atoms with E-state index >= 15 is 0 Å². The average Bonchev–Trinajstić information content (AvgIpc) is 0.811. The molecule has 0 aliphatic rings.